The fraction of sp³-hybridized carbons (Fsp3) is 0. The zero-order valence-corrected chi connectivity index (χ0v) is 6.34. The molecule has 0 fully saturated rings. The van der Waals surface area contributed by atoms with E-state index in [2.05, 4.69) is 16.2 Å². The topological polar surface area (TPSA) is 25.8 Å². The SMILES string of the molecule is Clc1cnc2cn[c]cc2c1. The Labute approximate surface area is 68.9 Å². The summed E-state index contributed by atoms with van der Waals surface area (Å²) in [5, 5.41) is 1.60. The minimum Gasteiger partial charge on any atom is -0.253 e. The van der Waals surface area contributed by atoms with Gasteiger partial charge in [-0.3, -0.25) is 9.97 Å². The van der Waals surface area contributed by atoms with Crippen LogP contribution >= 0.6 is 11.6 Å². The van der Waals surface area contributed by atoms with Gasteiger partial charge in [0.05, 0.1) is 22.9 Å². The minimum atomic E-state index is 0.636. The molecule has 53 valence electrons. The van der Waals surface area contributed by atoms with Crippen LogP contribution in [0.25, 0.3) is 10.9 Å². The van der Waals surface area contributed by atoms with Crippen molar-refractivity contribution in [1.29, 1.82) is 0 Å². The Morgan fingerprint density at radius 3 is 3.18 bits per heavy atom. The molecule has 0 aliphatic carbocycles. The summed E-state index contributed by atoms with van der Waals surface area (Å²) < 4.78 is 0. The average Bonchev–Trinajstić information content (AvgIpc) is 2.04. The predicted molar refractivity (Wildman–Crippen MR) is 43.4 cm³/mol. The van der Waals surface area contributed by atoms with Crippen molar-refractivity contribution in [3.05, 3.63) is 35.7 Å². The van der Waals surface area contributed by atoms with Crippen LogP contribution in [0.15, 0.2) is 24.5 Å². The van der Waals surface area contributed by atoms with Gasteiger partial charge in [0.15, 0.2) is 0 Å². The van der Waals surface area contributed by atoms with Crippen LogP contribution in [-0.2, 0) is 0 Å². The van der Waals surface area contributed by atoms with E-state index in [9.17, 15) is 0 Å². The molecule has 0 amide bonds. The Kier molecular flexibility index (Phi) is 1.47. The predicted octanol–water partition coefficient (Wildman–Crippen LogP) is 2.08. The number of pyridine rings is 2. The van der Waals surface area contributed by atoms with Crippen LogP contribution < -0.4 is 0 Å². The fourth-order valence-corrected chi connectivity index (χ4v) is 1.06. The van der Waals surface area contributed by atoms with Crippen molar-refractivity contribution < 1.29 is 0 Å². The van der Waals surface area contributed by atoms with E-state index in [0.717, 1.165) is 10.9 Å². The number of aromatic nitrogens is 2. The van der Waals surface area contributed by atoms with Crippen LogP contribution in [0.3, 0.4) is 0 Å². The molecule has 0 bridgehead atoms. The van der Waals surface area contributed by atoms with Gasteiger partial charge in [0, 0.05) is 11.6 Å². The van der Waals surface area contributed by atoms with Gasteiger partial charge in [-0.25, -0.2) is 0 Å². The molecule has 11 heavy (non-hydrogen) atoms. The highest BCUT2D eigenvalue weighted by Crippen LogP contribution is 2.14. The van der Waals surface area contributed by atoms with E-state index in [-0.39, 0.29) is 0 Å². The highest BCUT2D eigenvalue weighted by Gasteiger charge is 1.93. The van der Waals surface area contributed by atoms with Gasteiger partial charge in [0.25, 0.3) is 0 Å². The third-order valence-electron chi connectivity index (χ3n) is 1.40. The maximum absolute atomic E-state index is 5.72. The molecule has 0 unspecified atom stereocenters. The van der Waals surface area contributed by atoms with E-state index in [1.54, 1.807) is 18.5 Å². The molecule has 0 saturated carbocycles. The molecule has 0 aliphatic rings. The summed E-state index contributed by atoms with van der Waals surface area (Å²) in [4.78, 5) is 7.88. The summed E-state index contributed by atoms with van der Waals surface area (Å²) in [5.74, 6) is 0. The van der Waals surface area contributed by atoms with Crippen molar-refractivity contribution in [3.8, 4) is 0 Å². The molecule has 0 aliphatic heterocycles. The van der Waals surface area contributed by atoms with Crippen molar-refractivity contribution in [2.24, 2.45) is 0 Å². The highest BCUT2D eigenvalue weighted by atomic mass is 35.5. The van der Waals surface area contributed by atoms with Crippen LogP contribution in [0.2, 0.25) is 5.02 Å². The molecule has 2 nitrogen and oxygen atoms in total. The second kappa shape index (κ2) is 2.47. The summed E-state index contributed by atoms with van der Waals surface area (Å²) in [6.45, 7) is 0. The summed E-state index contributed by atoms with van der Waals surface area (Å²) in [7, 11) is 0. The zero-order valence-electron chi connectivity index (χ0n) is 5.58. The van der Waals surface area contributed by atoms with Crippen LogP contribution in [0.1, 0.15) is 0 Å². The normalized spacial score (nSPS) is 10.3. The van der Waals surface area contributed by atoms with Crippen molar-refractivity contribution in [1.82, 2.24) is 9.97 Å². The number of hydrogen-bond acceptors (Lipinski definition) is 2. The molecule has 0 N–H and O–H groups in total. The summed E-state index contributed by atoms with van der Waals surface area (Å²) in [5.41, 5.74) is 0.841. The Morgan fingerprint density at radius 1 is 1.36 bits per heavy atom. The standard InChI is InChI=1S/C8H4ClN2/c9-7-3-6-1-2-10-5-8(6)11-4-7/h1,3-5H. The molecule has 0 saturated heterocycles. The van der Waals surface area contributed by atoms with Crippen molar-refractivity contribution in [2.75, 3.05) is 0 Å². The highest BCUT2D eigenvalue weighted by molar-refractivity contribution is 6.31. The summed E-state index contributed by atoms with van der Waals surface area (Å²) in [6, 6.07) is 3.59. The first kappa shape index (κ1) is 6.55. The summed E-state index contributed by atoms with van der Waals surface area (Å²) in [6.07, 6.45) is 5.98. The number of hydrogen-bond donors (Lipinski definition) is 0. The lowest BCUT2D eigenvalue weighted by Gasteiger charge is -1.93. The zero-order chi connectivity index (χ0) is 7.68. The molecular weight excluding hydrogens is 160 g/mol. The van der Waals surface area contributed by atoms with Gasteiger partial charge >= 0.3 is 0 Å². The van der Waals surface area contributed by atoms with Gasteiger partial charge in [-0.05, 0) is 12.1 Å². The number of rotatable bonds is 0. The summed E-state index contributed by atoms with van der Waals surface area (Å²) >= 11 is 5.72. The van der Waals surface area contributed by atoms with E-state index in [0.29, 0.717) is 5.02 Å². The maximum atomic E-state index is 5.72. The third-order valence-corrected chi connectivity index (χ3v) is 1.60. The number of fused-ring (bicyclic) bond motifs is 1. The third kappa shape index (κ3) is 1.17. The Bertz CT molecular complexity index is 387. The van der Waals surface area contributed by atoms with Crippen LogP contribution in [0.4, 0.5) is 0 Å². The lowest BCUT2D eigenvalue weighted by atomic mass is 10.3. The molecule has 2 aromatic heterocycles. The molecule has 2 rings (SSSR count). The monoisotopic (exact) mass is 163 g/mol. The first-order valence-corrected chi connectivity index (χ1v) is 3.51. The van der Waals surface area contributed by atoms with Gasteiger partial charge < -0.3 is 0 Å². The Morgan fingerprint density at radius 2 is 2.27 bits per heavy atom. The second-order valence-electron chi connectivity index (χ2n) is 2.16. The van der Waals surface area contributed by atoms with Crippen LogP contribution in [0.5, 0.6) is 0 Å². The van der Waals surface area contributed by atoms with E-state index < -0.39 is 0 Å². The molecule has 1 radical (unpaired) electrons. The largest absolute Gasteiger partial charge is 0.253 e. The van der Waals surface area contributed by atoms with Gasteiger partial charge in [-0.15, -0.1) is 0 Å². The molecule has 0 spiro atoms. The quantitative estimate of drug-likeness (QED) is 0.594. The fourth-order valence-electron chi connectivity index (χ4n) is 0.894. The Hall–Kier alpha value is -1.15. The van der Waals surface area contributed by atoms with Crippen molar-refractivity contribution in [3.63, 3.8) is 0 Å². The van der Waals surface area contributed by atoms with E-state index in [1.165, 1.54) is 0 Å². The van der Waals surface area contributed by atoms with Gasteiger partial charge in [-0.1, -0.05) is 11.6 Å². The Balaban J connectivity index is 2.83. The lowest BCUT2D eigenvalue weighted by molar-refractivity contribution is 1.30. The number of halogens is 1. The van der Waals surface area contributed by atoms with E-state index in [1.807, 2.05) is 6.07 Å². The molecule has 3 heteroatoms. The first-order chi connectivity index (χ1) is 5.36. The molecule has 2 aromatic rings. The van der Waals surface area contributed by atoms with E-state index >= 15 is 0 Å². The minimum absolute atomic E-state index is 0.636. The van der Waals surface area contributed by atoms with Crippen LogP contribution in [-0.4, -0.2) is 9.97 Å². The maximum Gasteiger partial charge on any atom is 0.0894 e. The second-order valence-corrected chi connectivity index (χ2v) is 2.60. The van der Waals surface area contributed by atoms with Crippen molar-refractivity contribution in [2.45, 2.75) is 0 Å². The van der Waals surface area contributed by atoms with Gasteiger partial charge in [0.1, 0.15) is 0 Å². The molecule has 0 aromatic carbocycles. The van der Waals surface area contributed by atoms with Crippen LogP contribution in [0, 0.1) is 6.20 Å². The first-order valence-electron chi connectivity index (χ1n) is 3.13. The molecule has 0 atom stereocenters. The lowest BCUT2D eigenvalue weighted by Crippen LogP contribution is -1.79. The van der Waals surface area contributed by atoms with E-state index in [4.69, 9.17) is 11.6 Å². The van der Waals surface area contributed by atoms with Crippen molar-refractivity contribution >= 4 is 22.5 Å². The van der Waals surface area contributed by atoms with Gasteiger partial charge in [-0.2, -0.15) is 0 Å². The smallest absolute Gasteiger partial charge is 0.0894 e. The molecule has 2 heterocycles. The van der Waals surface area contributed by atoms with Gasteiger partial charge in [0.2, 0.25) is 0 Å². The molecular formula is C8H4ClN2. The average molecular weight is 164 g/mol. The number of nitrogens with zero attached hydrogens (tertiary/aromatic N) is 2.